The van der Waals surface area contributed by atoms with E-state index < -0.39 is 60.0 Å². The van der Waals surface area contributed by atoms with E-state index >= 15 is 0 Å². The largest absolute Gasteiger partial charge is 0.481 e. The van der Waals surface area contributed by atoms with Crippen LogP contribution in [-0.4, -0.2) is 74.7 Å². The molecule has 3 unspecified atom stereocenters. The highest BCUT2D eigenvalue weighted by Gasteiger charge is 2.77. The number of aliphatic hydroxyl groups is 1. The average Bonchev–Trinajstić information content (AvgIpc) is 3.50. The molecule has 10 heteroatoms. The zero-order chi connectivity index (χ0) is 27.2. The summed E-state index contributed by atoms with van der Waals surface area (Å²) in [5.74, 6) is -4.29. The highest BCUT2D eigenvalue weighted by molar-refractivity contribution is 9.09. The highest BCUT2D eigenvalue weighted by Crippen LogP contribution is 2.60. The van der Waals surface area contributed by atoms with Crippen LogP contribution < -0.4 is 4.90 Å². The van der Waals surface area contributed by atoms with Crippen LogP contribution in [0.25, 0.3) is 0 Å². The molecular formula is C28H28BrClN2O6. The number of fused-ring (bicyclic) bond motifs is 1. The highest BCUT2D eigenvalue weighted by atomic mass is 79.9. The number of alkyl halides is 1. The molecule has 5 rings (SSSR count). The molecule has 2 bridgehead atoms. The van der Waals surface area contributed by atoms with Gasteiger partial charge in [0.25, 0.3) is 5.91 Å². The lowest BCUT2D eigenvalue weighted by Crippen LogP contribution is -2.59. The maximum Gasteiger partial charge on any atom is 0.310 e. The Kier molecular flexibility index (Phi) is 7.39. The van der Waals surface area contributed by atoms with Crippen molar-refractivity contribution in [2.45, 2.75) is 41.5 Å². The summed E-state index contributed by atoms with van der Waals surface area (Å²) in [5.41, 5.74) is -0.0684. The van der Waals surface area contributed by atoms with Gasteiger partial charge in [-0.25, -0.2) is 0 Å². The van der Waals surface area contributed by atoms with Crippen molar-refractivity contribution in [2.75, 3.05) is 18.1 Å². The molecule has 2 aromatic rings. The number of ether oxygens (including phenoxy) is 1. The Balaban J connectivity index is 1.64. The molecule has 7 atom stereocenters. The lowest BCUT2D eigenvalue weighted by molar-refractivity contribution is -0.150. The van der Waals surface area contributed by atoms with E-state index in [0.717, 1.165) is 5.56 Å². The Morgan fingerprint density at radius 2 is 1.92 bits per heavy atom. The number of likely N-dealkylation sites (tertiary alicyclic amines) is 1. The van der Waals surface area contributed by atoms with E-state index in [0.29, 0.717) is 10.7 Å². The Labute approximate surface area is 233 Å². The molecule has 0 aromatic heterocycles. The second kappa shape index (κ2) is 10.4. The molecule has 3 fully saturated rings. The number of amides is 2. The van der Waals surface area contributed by atoms with Gasteiger partial charge in [-0.1, -0.05) is 76.1 Å². The van der Waals surface area contributed by atoms with Crippen LogP contribution in [0, 0.1) is 11.8 Å². The zero-order valence-corrected chi connectivity index (χ0v) is 22.8. The fraction of sp³-hybridized carbons (Fsp3) is 0.393. The number of aliphatic carboxylic acids is 1. The van der Waals surface area contributed by atoms with Gasteiger partial charge < -0.3 is 24.7 Å². The van der Waals surface area contributed by atoms with Gasteiger partial charge in [-0.2, -0.15) is 0 Å². The average molecular weight is 604 g/mol. The van der Waals surface area contributed by atoms with Crippen molar-refractivity contribution in [1.82, 2.24) is 4.90 Å². The van der Waals surface area contributed by atoms with E-state index in [2.05, 4.69) is 22.5 Å². The lowest BCUT2D eigenvalue weighted by atomic mass is 9.70. The SMILES string of the molecule is C=CCN(C(=O)C1N([C@@H](CO)Cc2ccccc2)C(=O)[C@@H]2[C@H](C(=O)O)[C@H]3OC12CC3Br)c1ccccc1Cl. The van der Waals surface area contributed by atoms with Crippen LogP contribution in [0.4, 0.5) is 5.69 Å². The molecule has 2 amide bonds. The Hall–Kier alpha value is -2.72. The molecule has 0 aliphatic carbocycles. The van der Waals surface area contributed by atoms with Crippen molar-refractivity contribution in [3.05, 3.63) is 77.8 Å². The zero-order valence-electron chi connectivity index (χ0n) is 20.5. The van der Waals surface area contributed by atoms with Crippen molar-refractivity contribution in [3.63, 3.8) is 0 Å². The molecule has 2 N–H and O–H groups in total. The summed E-state index contributed by atoms with van der Waals surface area (Å²) in [7, 11) is 0. The number of benzene rings is 2. The van der Waals surface area contributed by atoms with Gasteiger partial charge in [0, 0.05) is 11.4 Å². The van der Waals surface area contributed by atoms with E-state index in [9.17, 15) is 24.6 Å². The van der Waals surface area contributed by atoms with Gasteiger partial charge in [0.05, 0.1) is 41.3 Å². The third-order valence-corrected chi connectivity index (χ3v) is 9.05. The maximum absolute atomic E-state index is 14.5. The molecule has 0 radical (unpaired) electrons. The summed E-state index contributed by atoms with van der Waals surface area (Å²) < 4.78 is 6.37. The summed E-state index contributed by atoms with van der Waals surface area (Å²) in [6.45, 7) is 3.48. The number of aliphatic hydroxyl groups excluding tert-OH is 1. The molecular weight excluding hydrogens is 576 g/mol. The van der Waals surface area contributed by atoms with Gasteiger partial charge in [0.15, 0.2) is 0 Å². The number of carbonyl (C=O) groups is 3. The first-order chi connectivity index (χ1) is 18.2. The van der Waals surface area contributed by atoms with Crippen molar-refractivity contribution < 1.29 is 29.3 Å². The number of carbonyl (C=O) groups excluding carboxylic acids is 2. The van der Waals surface area contributed by atoms with Crippen molar-refractivity contribution >= 4 is 51.0 Å². The summed E-state index contributed by atoms with van der Waals surface area (Å²) in [5, 5.41) is 21.0. The topological polar surface area (TPSA) is 107 Å². The smallest absolute Gasteiger partial charge is 0.310 e. The number of rotatable bonds is 9. The fourth-order valence-electron chi connectivity index (χ4n) is 6.41. The predicted octanol–water partition coefficient (Wildman–Crippen LogP) is 3.30. The minimum Gasteiger partial charge on any atom is -0.481 e. The minimum absolute atomic E-state index is 0.105. The Morgan fingerprint density at radius 3 is 2.55 bits per heavy atom. The molecule has 38 heavy (non-hydrogen) atoms. The summed E-state index contributed by atoms with van der Waals surface area (Å²) in [6.07, 6.45) is 1.36. The standard InChI is InChI=1S/C28H28BrClN2O6/c1-2-12-31(20-11-7-6-10-19(20)30)26(35)24-28-14-18(29)23(38-28)21(27(36)37)22(28)25(34)32(24)17(15-33)13-16-8-4-3-5-9-16/h2-11,17-18,21-24,33H,1,12-15H2,(H,36,37)/t17-,18?,21+,22+,23+,24?,28?/m1/s1. The first-order valence-corrected chi connectivity index (χ1v) is 13.7. The number of hydrogen-bond acceptors (Lipinski definition) is 5. The van der Waals surface area contributed by atoms with E-state index in [1.807, 2.05) is 30.3 Å². The predicted molar refractivity (Wildman–Crippen MR) is 145 cm³/mol. The van der Waals surface area contributed by atoms with Crippen LogP contribution in [-0.2, 0) is 25.5 Å². The van der Waals surface area contributed by atoms with Gasteiger partial charge in [-0.3, -0.25) is 14.4 Å². The molecule has 2 aromatic carbocycles. The molecule has 3 aliphatic heterocycles. The van der Waals surface area contributed by atoms with Crippen LogP contribution in [0.3, 0.4) is 0 Å². The van der Waals surface area contributed by atoms with Gasteiger partial charge in [-0.15, -0.1) is 6.58 Å². The van der Waals surface area contributed by atoms with Crippen LogP contribution in [0.15, 0.2) is 67.3 Å². The molecule has 1 spiro atoms. The van der Waals surface area contributed by atoms with Crippen LogP contribution >= 0.6 is 27.5 Å². The number of para-hydroxylation sites is 1. The van der Waals surface area contributed by atoms with E-state index in [1.54, 1.807) is 30.3 Å². The summed E-state index contributed by atoms with van der Waals surface area (Å²) in [4.78, 5) is 43.5. The summed E-state index contributed by atoms with van der Waals surface area (Å²) in [6, 6.07) is 14.3. The number of hydrogen-bond donors (Lipinski definition) is 2. The third-order valence-electron chi connectivity index (χ3n) is 7.89. The van der Waals surface area contributed by atoms with Crippen molar-refractivity contribution in [3.8, 4) is 0 Å². The van der Waals surface area contributed by atoms with Gasteiger partial charge in [0.2, 0.25) is 5.91 Å². The monoisotopic (exact) mass is 602 g/mol. The third kappa shape index (κ3) is 4.16. The lowest BCUT2D eigenvalue weighted by Gasteiger charge is -2.39. The maximum atomic E-state index is 14.5. The first kappa shape index (κ1) is 26.9. The number of nitrogens with zero attached hydrogens (tertiary/aromatic N) is 2. The van der Waals surface area contributed by atoms with Crippen LogP contribution in [0.2, 0.25) is 5.02 Å². The minimum atomic E-state index is -1.37. The molecule has 200 valence electrons. The Morgan fingerprint density at radius 1 is 1.24 bits per heavy atom. The summed E-state index contributed by atoms with van der Waals surface area (Å²) >= 11 is 10.0. The second-order valence-electron chi connectivity index (χ2n) is 9.96. The first-order valence-electron chi connectivity index (χ1n) is 12.4. The fourth-order valence-corrected chi connectivity index (χ4v) is 7.59. The van der Waals surface area contributed by atoms with Crippen molar-refractivity contribution in [1.29, 1.82) is 0 Å². The van der Waals surface area contributed by atoms with E-state index in [1.165, 1.54) is 9.80 Å². The number of carboxylic acids is 1. The second-order valence-corrected chi connectivity index (χ2v) is 11.5. The van der Waals surface area contributed by atoms with Gasteiger partial charge >= 0.3 is 5.97 Å². The quantitative estimate of drug-likeness (QED) is 0.337. The normalized spacial score (nSPS) is 30.2. The van der Waals surface area contributed by atoms with E-state index in [-0.39, 0.29) is 24.2 Å². The van der Waals surface area contributed by atoms with Gasteiger partial charge in [-0.05, 0) is 30.5 Å². The molecule has 8 nitrogen and oxygen atoms in total. The molecule has 0 saturated carbocycles. The molecule has 3 aliphatic rings. The molecule has 3 saturated heterocycles. The number of anilines is 1. The van der Waals surface area contributed by atoms with Crippen molar-refractivity contribution in [2.24, 2.45) is 11.8 Å². The van der Waals surface area contributed by atoms with Crippen LogP contribution in [0.5, 0.6) is 0 Å². The number of carboxylic acid groups (broad SMARTS) is 1. The number of halogens is 2. The van der Waals surface area contributed by atoms with Crippen LogP contribution in [0.1, 0.15) is 12.0 Å². The van der Waals surface area contributed by atoms with E-state index in [4.69, 9.17) is 16.3 Å². The van der Waals surface area contributed by atoms with Gasteiger partial charge in [0.1, 0.15) is 11.6 Å². The molecule has 3 heterocycles. The Bertz CT molecular complexity index is 1260.